The molecule has 0 radical (unpaired) electrons. The van der Waals surface area contributed by atoms with E-state index in [9.17, 15) is 0 Å². The smallest absolute Gasteiger partial charge is 0.251 e. The van der Waals surface area contributed by atoms with Gasteiger partial charge in [-0.1, -0.05) is 49.3 Å². The molecule has 1 unspecified atom stereocenters. The molecular weight excluding hydrogens is 264 g/mol. The van der Waals surface area contributed by atoms with Gasteiger partial charge in [0.25, 0.3) is 5.89 Å². The standard InChI is InChI=1S/C16H24N4O/c1-4-20(5-2)12-11-14-18-15(21-19-14)16(3,17)13-9-7-6-8-10-13/h6-10H,4-5,11-12,17H2,1-3H3. The van der Waals surface area contributed by atoms with Gasteiger partial charge in [-0.2, -0.15) is 4.98 Å². The Kier molecular flexibility index (Phi) is 5.09. The van der Waals surface area contributed by atoms with Crippen LogP contribution in [0.1, 0.15) is 38.0 Å². The molecule has 5 heteroatoms. The molecular formula is C16H24N4O. The molecule has 5 nitrogen and oxygen atoms in total. The van der Waals surface area contributed by atoms with Crippen molar-refractivity contribution in [2.24, 2.45) is 5.73 Å². The van der Waals surface area contributed by atoms with Gasteiger partial charge in [-0.25, -0.2) is 0 Å². The Labute approximate surface area is 126 Å². The summed E-state index contributed by atoms with van der Waals surface area (Å²) < 4.78 is 5.38. The lowest BCUT2D eigenvalue weighted by Gasteiger charge is -2.20. The zero-order chi connectivity index (χ0) is 15.3. The molecule has 0 saturated heterocycles. The zero-order valence-electron chi connectivity index (χ0n) is 13.0. The van der Waals surface area contributed by atoms with Crippen LogP contribution in [-0.4, -0.2) is 34.7 Å². The monoisotopic (exact) mass is 288 g/mol. The van der Waals surface area contributed by atoms with E-state index in [-0.39, 0.29) is 0 Å². The second-order valence-electron chi connectivity index (χ2n) is 5.36. The molecule has 21 heavy (non-hydrogen) atoms. The number of rotatable bonds is 7. The van der Waals surface area contributed by atoms with Gasteiger partial charge in [-0.15, -0.1) is 0 Å². The van der Waals surface area contributed by atoms with E-state index in [1.165, 1.54) is 0 Å². The number of hydrogen-bond acceptors (Lipinski definition) is 5. The van der Waals surface area contributed by atoms with Crippen molar-refractivity contribution in [2.75, 3.05) is 19.6 Å². The van der Waals surface area contributed by atoms with Crippen molar-refractivity contribution in [3.63, 3.8) is 0 Å². The Hall–Kier alpha value is -1.72. The van der Waals surface area contributed by atoms with Crippen molar-refractivity contribution in [3.05, 3.63) is 47.6 Å². The first kappa shape index (κ1) is 15.7. The number of aromatic nitrogens is 2. The van der Waals surface area contributed by atoms with Crippen LogP contribution in [0.5, 0.6) is 0 Å². The van der Waals surface area contributed by atoms with Gasteiger partial charge in [0.05, 0.1) is 0 Å². The Bertz CT molecular complexity index is 546. The maximum atomic E-state index is 6.37. The summed E-state index contributed by atoms with van der Waals surface area (Å²) >= 11 is 0. The minimum atomic E-state index is -0.762. The summed E-state index contributed by atoms with van der Waals surface area (Å²) in [4.78, 5) is 6.80. The normalized spacial score (nSPS) is 14.3. The maximum absolute atomic E-state index is 6.37. The maximum Gasteiger partial charge on any atom is 0.251 e. The summed E-state index contributed by atoms with van der Waals surface area (Å²) in [5.74, 6) is 1.17. The topological polar surface area (TPSA) is 68.2 Å². The first-order valence-electron chi connectivity index (χ1n) is 7.47. The highest BCUT2D eigenvalue weighted by Gasteiger charge is 2.30. The van der Waals surface area contributed by atoms with Crippen molar-refractivity contribution in [1.82, 2.24) is 15.0 Å². The fourth-order valence-electron chi connectivity index (χ4n) is 2.27. The van der Waals surface area contributed by atoms with Gasteiger partial charge in [-0.05, 0) is 25.6 Å². The van der Waals surface area contributed by atoms with E-state index in [1.807, 2.05) is 37.3 Å². The van der Waals surface area contributed by atoms with Gasteiger partial charge in [-0.3, -0.25) is 0 Å². The quantitative estimate of drug-likeness (QED) is 0.845. The molecule has 1 aromatic carbocycles. The minimum absolute atomic E-state index is 0.461. The highest BCUT2D eigenvalue weighted by atomic mass is 16.5. The Morgan fingerprint density at radius 1 is 1.19 bits per heavy atom. The molecule has 0 saturated carbocycles. The van der Waals surface area contributed by atoms with E-state index in [4.69, 9.17) is 10.3 Å². The molecule has 0 aliphatic rings. The lowest BCUT2D eigenvalue weighted by molar-refractivity contribution is 0.299. The van der Waals surface area contributed by atoms with E-state index >= 15 is 0 Å². The van der Waals surface area contributed by atoms with E-state index in [2.05, 4.69) is 28.9 Å². The summed E-state index contributed by atoms with van der Waals surface area (Å²) in [5, 5.41) is 4.06. The van der Waals surface area contributed by atoms with Crippen LogP contribution in [0.15, 0.2) is 34.9 Å². The number of nitrogens with two attached hydrogens (primary N) is 1. The van der Waals surface area contributed by atoms with Crippen LogP contribution >= 0.6 is 0 Å². The molecule has 1 heterocycles. The van der Waals surface area contributed by atoms with Crippen LogP contribution in [-0.2, 0) is 12.0 Å². The molecule has 0 aliphatic carbocycles. The van der Waals surface area contributed by atoms with Crippen molar-refractivity contribution < 1.29 is 4.52 Å². The summed E-state index contributed by atoms with van der Waals surface area (Å²) in [7, 11) is 0. The van der Waals surface area contributed by atoms with Gasteiger partial charge in [0.15, 0.2) is 5.82 Å². The highest BCUT2D eigenvalue weighted by Crippen LogP contribution is 2.24. The average Bonchev–Trinajstić information content (AvgIpc) is 2.99. The average molecular weight is 288 g/mol. The molecule has 2 rings (SSSR count). The summed E-state index contributed by atoms with van der Waals surface area (Å²) in [6, 6.07) is 9.82. The van der Waals surface area contributed by atoms with Crippen molar-refractivity contribution in [2.45, 2.75) is 32.7 Å². The SMILES string of the molecule is CCN(CC)CCc1noc(C(C)(N)c2ccccc2)n1. The summed E-state index contributed by atoms with van der Waals surface area (Å²) in [6.45, 7) is 9.18. The molecule has 0 fully saturated rings. The predicted octanol–water partition coefficient (Wildman–Crippen LogP) is 2.18. The van der Waals surface area contributed by atoms with Crippen molar-refractivity contribution in [1.29, 1.82) is 0 Å². The van der Waals surface area contributed by atoms with Crippen molar-refractivity contribution in [3.8, 4) is 0 Å². The van der Waals surface area contributed by atoms with Crippen LogP contribution in [0, 0.1) is 0 Å². The van der Waals surface area contributed by atoms with E-state index in [1.54, 1.807) is 0 Å². The number of likely N-dealkylation sites (N-methyl/N-ethyl adjacent to an activating group) is 1. The largest absolute Gasteiger partial charge is 0.337 e. The van der Waals surface area contributed by atoms with Gasteiger partial charge in [0, 0.05) is 13.0 Å². The predicted molar refractivity (Wildman–Crippen MR) is 82.9 cm³/mol. The van der Waals surface area contributed by atoms with Crippen LogP contribution in [0.25, 0.3) is 0 Å². The van der Waals surface area contributed by atoms with Crippen LogP contribution in [0.4, 0.5) is 0 Å². The molecule has 1 atom stereocenters. The van der Waals surface area contributed by atoms with E-state index in [0.717, 1.165) is 31.6 Å². The van der Waals surface area contributed by atoms with Crippen LogP contribution in [0.2, 0.25) is 0 Å². The summed E-state index contributed by atoms with van der Waals surface area (Å²) in [5.41, 5.74) is 6.57. The first-order chi connectivity index (χ1) is 10.1. The lowest BCUT2D eigenvalue weighted by Crippen LogP contribution is -2.34. The molecule has 0 bridgehead atoms. The second-order valence-corrected chi connectivity index (χ2v) is 5.36. The third kappa shape index (κ3) is 3.68. The van der Waals surface area contributed by atoms with E-state index < -0.39 is 5.54 Å². The Balaban J connectivity index is 2.09. The fraction of sp³-hybridized carbons (Fsp3) is 0.500. The zero-order valence-corrected chi connectivity index (χ0v) is 13.0. The van der Waals surface area contributed by atoms with Gasteiger partial charge in [0.2, 0.25) is 0 Å². The first-order valence-corrected chi connectivity index (χ1v) is 7.47. The molecule has 0 spiro atoms. The molecule has 0 aliphatic heterocycles. The Morgan fingerprint density at radius 2 is 1.86 bits per heavy atom. The highest BCUT2D eigenvalue weighted by molar-refractivity contribution is 5.28. The van der Waals surface area contributed by atoms with Gasteiger partial charge < -0.3 is 15.2 Å². The molecule has 2 N–H and O–H groups in total. The molecule has 0 amide bonds. The lowest BCUT2D eigenvalue weighted by atomic mass is 9.93. The number of benzene rings is 1. The third-order valence-electron chi connectivity index (χ3n) is 3.83. The van der Waals surface area contributed by atoms with Gasteiger partial charge in [0.1, 0.15) is 5.54 Å². The second kappa shape index (κ2) is 6.83. The molecule has 2 aromatic rings. The minimum Gasteiger partial charge on any atom is -0.337 e. The third-order valence-corrected chi connectivity index (χ3v) is 3.83. The van der Waals surface area contributed by atoms with Crippen molar-refractivity contribution >= 4 is 0 Å². The van der Waals surface area contributed by atoms with Crippen LogP contribution in [0.3, 0.4) is 0 Å². The van der Waals surface area contributed by atoms with Gasteiger partial charge >= 0.3 is 0 Å². The number of nitrogens with zero attached hydrogens (tertiary/aromatic N) is 3. The summed E-state index contributed by atoms with van der Waals surface area (Å²) in [6.07, 6.45) is 0.774. The molecule has 1 aromatic heterocycles. The van der Waals surface area contributed by atoms with Crippen LogP contribution < -0.4 is 5.73 Å². The Morgan fingerprint density at radius 3 is 2.48 bits per heavy atom. The number of hydrogen-bond donors (Lipinski definition) is 1. The fourth-order valence-corrected chi connectivity index (χ4v) is 2.27. The molecule has 114 valence electrons. The van der Waals surface area contributed by atoms with E-state index in [0.29, 0.717) is 11.7 Å².